The van der Waals surface area contributed by atoms with Gasteiger partial charge >= 0.3 is 6.03 Å². The summed E-state index contributed by atoms with van der Waals surface area (Å²) in [6.07, 6.45) is 1.94. The predicted molar refractivity (Wildman–Crippen MR) is 122 cm³/mol. The lowest BCUT2D eigenvalue weighted by Gasteiger charge is -2.31. The van der Waals surface area contributed by atoms with Gasteiger partial charge in [0.25, 0.3) is 5.91 Å². The predicted octanol–water partition coefficient (Wildman–Crippen LogP) is 3.19. The van der Waals surface area contributed by atoms with Crippen molar-refractivity contribution in [2.75, 3.05) is 25.0 Å². The minimum atomic E-state index is -0.668. The summed E-state index contributed by atoms with van der Waals surface area (Å²) in [5.41, 5.74) is 3.31. The maximum Gasteiger partial charge on any atom is 0.321 e. The number of urea groups is 1. The highest BCUT2D eigenvalue weighted by atomic mass is 32.1. The van der Waals surface area contributed by atoms with Gasteiger partial charge < -0.3 is 15.1 Å². The Labute approximate surface area is 191 Å². The van der Waals surface area contributed by atoms with Crippen molar-refractivity contribution >= 4 is 34.3 Å². The zero-order valence-corrected chi connectivity index (χ0v) is 19.1. The molecule has 0 spiro atoms. The summed E-state index contributed by atoms with van der Waals surface area (Å²) >= 11 is 1.33. The lowest BCUT2D eigenvalue weighted by atomic mass is 10.1. The van der Waals surface area contributed by atoms with E-state index >= 15 is 0 Å². The minimum absolute atomic E-state index is 0.264. The molecule has 172 valence electrons. The summed E-state index contributed by atoms with van der Waals surface area (Å²) < 4.78 is 0. The van der Waals surface area contributed by atoms with Crippen LogP contribution in [0.25, 0.3) is 11.3 Å². The van der Waals surface area contributed by atoms with Crippen LogP contribution in [0.4, 0.5) is 9.93 Å². The Morgan fingerprint density at radius 3 is 2.72 bits per heavy atom. The molecule has 1 aliphatic heterocycles. The number of likely N-dealkylation sites (tertiary alicyclic amines) is 1. The second-order valence-electron chi connectivity index (χ2n) is 8.17. The van der Waals surface area contributed by atoms with Crippen molar-refractivity contribution in [2.24, 2.45) is 5.92 Å². The molecule has 10 heteroatoms. The maximum atomic E-state index is 13.2. The number of benzene rings is 1. The Morgan fingerprint density at radius 2 is 2.03 bits per heavy atom. The molecule has 1 saturated heterocycles. The molecule has 3 rings (SSSR count). The lowest BCUT2D eigenvalue weighted by Crippen LogP contribution is -2.51. The number of rotatable bonds is 8. The number of nitrogens with zero attached hydrogens (tertiary/aromatic N) is 3. The number of anilines is 1. The highest BCUT2D eigenvalue weighted by molar-refractivity contribution is 7.14. The van der Waals surface area contributed by atoms with Crippen molar-refractivity contribution in [1.29, 1.82) is 0 Å². The number of hydrogen-bond donors (Lipinski definition) is 3. The van der Waals surface area contributed by atoms with E-state index < -0.39 is 11.9 Å². The van der Waals surface area contributed by atoms with Gasteiger partial charge in [-0.2, -0.15) is 0 Å². The molecule has 9 nitrogen and oxygen atoms in total. The van der Waals surface area contributed by atoms with E-state index in [1.165, 1.54) is 21.1 Å². The number of hydrogen-bond acceptors (Lipinski definition) is 6. The van der Waals surface area contributed by atoms with Crippen LogP contribution in [0.15, 0.2) is 35.7 Å². The maximum absolute atomic E-state index is 13.2. The summed E-state index contributed by atoms with van der Waals surface area (Å²) in [5.74, 6) is -0.623. The molecule has 1 aliphatic rings. The second kappa shape index (κ2) is 11.1. The molecule has 1 atom stereocenters. The Morgan fingerprint density at radius 1 is 1.28 bits per heavy atom. The molecular formula is C22H29N5O4S. The van der Waals surface area contributed by atoms with Crippen LogP contribution in [0.1, 0.15) is 33.1 Å². The summed E-state index contributed by atoms with van der Waals surface area (Å²) in [7, 11) is 0. The van der Waals surface area contributed by atoms with Crippen molar-refractivity contribution in [3.05, 3.63) is 35.7 Å². The van der Waals surface area contributed by atoms with Crippen molar-refractivity contribution in [2.45, 2.75) is 39.2 Å². The topological polar surface area (TPSA) is 115 Å². The molecule has 0 unspecified atom stereocenters. The van der Waals surface area contributed by atoms with Gasteiger partial charge in [0.1, 0.15) is 12.6 Å². The SMILES string of the molecule is CC(C)CCN(CC(=O)NO)C(=O)N1CCC[C@H]1C(=O)Nc1nc(-c2ccccc2)cs1. The molecule has 2 aromatic rings. The van der Waals surface area contributed by atoms with E-state index in [1.807, 2.05) is 49.6 Å². The highest BCUT2D eigenvalue weighted by Crippen LogP contribution is 2.26. The average molecular weight is 460 g/mol. The summed E-state index contributed by atoms with van der Waals surface area (Å²) in [4.78, 5) is 45.2. The van der Waals surface area contributed by atoms with Gasteiger partial charge in [0, 0.05) is 24.0 Å². The number of amides is 4. The zero-order chi connectivity index (χ0) is 23.1. The monoisotopic (exact) mass is 459 g/mol. The first-order chi connectivity index (χ1) is 15.4. The highest BCUT2D eigenvalue weighted by Gasteiger charge is 2.37. The summed E-state index contributed by atoms with van der Waals surface area (Å²) in [6, 6.07) is 8.67. The van der Waals surface area contributed by atoms with Gasteiger partial charge in [0.15, 0.2) is 5.13 Å². The number of carbonyl (C=O) groups is 3. The third-order valence-corrected chi connectivity index (χ3v) is 6.07. The van der Waals surface area contributed by atoms with E-state index in [0.717, 1.165) is 11.3 Å². The molecule has 0 aliphatic carbocycles. The molecule has 1 aromatic heterocycles. The molecule has 0 radical (unpaired) electrons. The molecule has 1 aromatic carbocycles. The Hall–Kier alpha value is -2.98. The molecule has 0 bridgehead atoms. The number of aromatic nitrogens is 1. The number of thiazole rings is 1. The quantitative estimate of drug-likeness (QED) is 0.414. The van der Waals surface area contributed by atoms with Gasteiger partial charge in [-0.3, -0.25) is 14.8 Å². The Kier molecular flexibility index (Phi) is 8.18. The fourth-order valence-electron chi connectivity index (χ4n) is 3.58. The van der Waals surface area contributed by atoms with E-state index in [1.54, 1.807) is 5.48 Å². The van der Waals surface area contributed by atoms with Crippen LogP contribution in [0.2, 0.25) is 0 Å². The smallest absolute Gasteiger partial charge is 0.315 e. The molecule has 32 heavy (non-hydrogen) atoms. The van der Waals surface area contributed by atoms with Crippen LogP contribution in [0.3, 0.4) is 0 Å². The van der Waals surface area contributed by atoms with E-state index in [0.29, 0.717) is 43.4 Å². The Bertz CT molecular complexity index is 933. The first kappa shape index (κ1) is 23.7. The first-order valence-electron chi connectivity index (χ1n) is 10.7. The molecule has 4 amide bonds. The minimum Gasteiger partial charge on any atom is -0.315 e. The van der Waals surface area contributed by atoms with E-state index in [-0.39, 0.29) is 18.5 Å². The average Bonchev–Trinajstić information content (AvgIpc) is 3.46. The third-order valence-electron chi connectivity index (χ3n) is 5.31. The van der Waals surface area contributed by atoms with Crippen LogP contribution in [-0.4, -0.2) is 63.5 Å². The van der Waals surface area contributed by atoms with Crippen molar-refractivity contribution in [1.82, 2.24) is 20.3 Å². The van der Waals surface area contributed by atoms with Gasteiger partial charge in [0.05, 0.1) is 5.69 Å². The first-order valence-corrected chi connectivity index (χ1v) is 11.6. The van der Waals surface area contributed by atoms with Crippen LogP contribution in [-0.2, 0) is 9.59 Å². The van der Waals surface area contributed by atoms with Crippen LogP contribution in [0.5, 0.6) is 0 Å². The van der Waals surface area contributed by atoms with Crippen molar-refractivity contribution in [3.8, 4) is 11.3 Å². The van der Waals surface area contributed by atoms with Gasteiger partial charge in [-0.15, -0.1) is 11.3 Å². The van der Waals surface area contributed by atoms with Gasteiger partial charge in [-0.25, -0.2) is 15.3 Å². The molecule has 3 N–H and O–H groups in total. The van der Waals surface area contributed by atoms with E-state index in [2.05, 4.69) is 10.3 Å². The summed E-state index contributed by atoms with van der Waals surface area (Å²) in [6.45, 7) is 4.58. The third kappa shape index (κ3) is 6.04. The van der Waals surface area contributed by atoms with E-state index in [9.17, 15) is 14.4 Å². The van der Waals surface area contributed by atoms with E-state index in [4.69, 9.17) is 5.21 Å². The van der Waals surface area contributed by atoms with Gasteiger partial charge in [-0.05, 0) is 25.2 Å². The second-order valence-corrected chi connectivity index (χ2v) is 9.02. The number of hydroxylamine groups is 1. The fraction of sp³-hybridized carbons (Fsp3) is 0.455. The largest absolute Gasteiger partial charge is 0.321 e. The standard InChI is InChI=1S/C22H29N5O4S/c1-15(2)10-12-26(13-19(28)25-31)22(30)27-11-6-9-18(27)20(29)24-21-23-17(14-32-21)16-7-4-3-5-8-16/h3-5,7-8,14-15,18,31H,6,9-13H2,1-2H3,(H,25,28)(H,23,24,29)/t18-/m0/s1. The van der Waals surface area contributed by atoms with Crippen LogP contribution < -0.4 is 10.8 Å². The molecular weight excluding hydrogens is 430 g/mol. The lowest BCUT2D eigenvalue weighted by molar-refractivity contribution is -0.129. The molecule has 0 saturated carbocycles. The van der Waals surface area contributed by atoms with Gasteiger partial charge in [-0.1, -0.05) is 44.2 Å². The molecule has 2 heterocycles. The Balaban J connectivity index is 1.67. The normalized spacial score (nSPS) is 15.6. The van der Waals surface area contributed by atoms with Crippen LogP contribution in [0, 0.1) is 5.92 Å². The van der Waals surface area contributed by atoms with Crippen molar-refractivity contribution < 1.29 is 19.6 Å². The fourth-order valence-corrected chi connectivity index (χ4v) is 4.30. The van der Waals surface area contributed by atoms with Gasteiger partial charge in [0.2, 0.25) is 5.91 Å². The zero-order valence-electron chi connectivity index (χ0n) is 18.3. The number of nitrogens with one attached hydrogen (secondary N) is 2. The number of carbonyl (C=O) groups excluding carboxylic acids is 3. The molecule has 1 fully saturated rings. The van der Waals surface area contributed by atoms with Crippen molar-refractivity contribution in [3.63, 3.8) is 0 Å². The summed E-state index contributed by atoms with van der Waals surface area (Å²) in [5, 5.41) is 14.1. The van der Waals surface area contributed by atoms with Crippen LogP contribution >= 0.6 is 11.3 Å².